The number of benzene rings is 2. The fraction of sp³-hybridized carbons (Fsp3) is 0.364. The molecule has 0 aliphatic carbocycles. The van der Waals surface area contributed by atoms with E-state index in [-0.39, 0.29) is 24.4 Å². The van der Waals surface area contributed by atoms with Crippen molar-refractivity contribution in [3.05, 3.63) is 65.7 Å². The monoisotopic (exact) mass is 367 g/mol. The van der Waals surface area contributed by atoms with Crippen molar-refractivity contribution in [2.45, 2.75) is 39.2 Å². The molecule has 5 nitrogen and oxygen atoms in total. The van der Waals surface area contributed by atoms with E-state index in [0.29, 0.717) is 17.8 Å². The van der Waals surface area contributed by atoms with Gasteiger partial charge in [0.05, 0.1) is 6.54 Å². The molecule has 1 unspecified atom stereocenters. The maximum atomic E-state index is 12.3. The van der Waals surface area contributed by atoms with E-state index >= 15 is 0 Å². The van der Waals surface area contributed by atoms with E-state index in [9.17, 15) is 9.59 Å². The highest BCUT2D eigenvalue weighted by atomic mass is 16.2. The molecule has 2 aromatic carbocycles. The largest absolute Gasteiger partial charge is 0.352 e. The van der Waals surface area contributed by atoms with Crippen molar-refractivity contribution in [2.24, 2.45) is 0 Å². The third-order valence-electron chi connectivity index (χ3n) is 4.34. The van der Waals surface area contributed by atoms with E-state index in [1.54, 1.807) is 24.3 Å². The Bertz CT molecular complexity index is 731. The van der Waals surface area contributed by atoms with Gasteiger partial charge in [-0.25, -0.2) is 0 Å². The Labute approximate surface area is 161 Å². The quantitative estimate of drug-likeness (QED) is 0.558. The predicted molar refractivity (Wildman–Crippen MR) is 110 cm³/mol. The molecular weight excluding hydrogens is 338 g/mol. The summed E-state index contributed by atoms with van der Waals surface area (Å²) in [4.78, 5) is 24.4. The van der Waals surface area contributed by atoms with Crippen LogP contribution in [0.25, 0.3) is 0 Å². The molecule has 0 aliphatic heterocycles. The first kappa shape index (κ1) is 20.6. The Kier molecular flexibility index (Phi) is 8.52. The van der Waals surface area contributed by atoms with Gasteiger partial charge < -0.3 is 16.0 Å². The van der Waals surface area contributed by atoms with Gasteiger partial charge >= 0.3 is 0 Å². The zero-order chi connectivity index (χ0) is 19.5. The molecule has 2 amide bonds. The van der Waals surface area contributed by atoms with Crippen LogP contribution in [0.2, 0.25) is 0 Å². The number of carbonyl (C=O) groups excluding carboxylic acids is 2. The third kappa shape index (κ3) is 6.87. The van der Waals surface area contributed by atoms with Crippen LogP contribution in [-0.2, 0) is 4.79 Å². The van der Waals surface area contributed by atoms with Crippen LogP contribution in [0.3, 0.4) is 0 Å². The van der Waals surface area contributed by atoms with E-state index in [1.165, 1.54) is 5.56 Å². The second-order valence-corrected chi connectivity index (χ2v) is 6.49. The van der Waals surface area contributed by atoms with E-state index in [2.05, 4.69) is 41.9 Å². The number of rotatable bonds is 10. The Morgan fingerprint density at radius 3 is 2.48 bits per heavy atom. The lowest BCUT2D eigenvalue weighted by atomic mass is 10.0. The van der Waals surface area contributed by atoms with E-state index in [1.807, 2.05) is 18.2 Å². The molecule has 2 rings (SSSR count). The lowest BCUT2D eigenvalue weighted by molar-refractivity contribution is -0.115. The normalized spacial score (nSPS) is 11.6. The van der Waals surface area contributed by atoms with Crippen LogP contribution in [0.15, 0.2) is 54.6 Å². The fourth-order valence-electron chi connectivity index (χ4n) is 2.82. The summed E-state index contributed by atoms with van der Waals surface area (Å²) in [6.45, 7) is 5.04. The summed E-state index contributed by atoms with van der Waals surface area (Å²) < 4.78 is 0. The number of anilines is 1. The van der Waals surface area contributed by atoms with Crippen molar-refractivity contribution in [1.29, 1.82) is 0 Å². The molecular formula is C22H29N3O2. The van der Waals surface area contributed by atoms with Crippen molar-refractivity contribution in [2.75, 3.05) is 18.4 Å². The van der Waals surface area contributed by atoms with Crippen LogP contribution >= 0.6 is 0 Å². The number of nitrogens with one attached hydrogen (secondary N) is 3. The Morgan fingerprint density at radius 2 is 1.78 bits per heavy atom. The topological polar surface area (TPSA) is 70.2 Å². The molecule has 0 aliphatic rings. The molecule has 0 saturated heterocycles. The molecule has 0 radical (unpaired) electrons. The minimum absolute atomic E-state index is 0.118. The highest BCUT2D eigenvalue weighted by molar-refractivity contribution is 5.97. The zero-order valence-corrected chi connectivity index (χ0v) is 16.1. The number of hydrogen-bond donors (Lipinski definition) is 3. The van der Waals surface area contributed by atoms with Gasteiger partial charge in [0, 0.05) is 23.8 Å². The molecule has 0 bridgehead atoms. The average molecular weight is 367 g/mol. The van der Waals surface area contributed by atoms with E-state index in [0.717, 1.165) is 19.3 Å². The van der Waals surface area contributed by atoms with Gasteiger partial charge in [-0.15, -0.1) is 0 Å². The number of unbranched alkanes of at least 4 members (excludes halogenated alkanes) is 1. The van der Waals surface area contributed by atoms with Gasteiger partial charge in [-0.2, -0.15) is 0 Å². The summed E-state index contributed by atoms with van der Waals surface area (Å²) in [5, 5.41) is 9.02. The lowest BCUT2D eigenvalue weighted by Gasteiger charge is -2.17. The van der Waals surface area contributed by atoms with Crippen molar-refractivity contribution in [1.82, 2.24) is 10.6 Å². The minimum atomic E-state index is -0.132. The van der Waals surface area contributed by atoms with Crippen LogP contribution in [-0.4, -0.2) is 24.9 Å². The molecule has 27 heavy (non-hydrogen) atoms. The molecule has 3 N–H and O–H groups in total. The van der Waals surface area contributed by atoms with Crippen LogP contribution < -0.4 is 16.0 Å². The SMILES string of the molecule is CCCCNC(=O)c1cccc(NC(=O)CNC(CC)c2ccccc2)c1. The maximum absolute atomic E-state index is 12.3. The van der Waals surface area contributed by atoms with Crippen LogP contribution in [0.1, 0.15) is 55.1 Å². The number of carbonyl (C=O) groups is 2. The molecule has 0 saturated carbocycles. The second-order valence-electron chi connectivity index (χ2n) is 6.49. The summed E-state index contributed by atoms with van der Waals surface area (Å²) in [5.41, 5.74) is 2.34. The molecule has 2 aromatic rings. The number of amides is 2. The first-order valence-corrected chi connectivity index (χ1v) is 9.60. The standard InChI is InChI=1S/C22H29N3O2/c1-3-5-14-23-22(27)18-12-9-13-19(15-18)25-21(26)16-24-20(4-2)17-10-7-6-8-11-17/h6-13,15,20,24H,3-5,14,16H2,1-2H3,(H,23,27)(H,25,26). The van der Waals surface area contributed by atoms with Crippen molar-refractivity contribution in [3.8, 4) is 0 Å². The van der Waals surface area contributed by atoms with Gasteiger partial charge in [-0.05, 0) is 36.6 Å². The summed E-state index contributed by atoms with van der Waals surface area (Å²) in [5.74, 6) is -0.249. The first-order valence-electron chi connectivity index (χ1n) is 9.60. The summed E-state index contributed by atoms with van der Waals surface area (Å²) in [7, 11) is 0. The summed E-state index contributed by atoms with van der Waals surface area (Å²) >= 11 is 0. The van der Waals surface area contributed by atoms with Gasteiger partial charge in [0.2, 0.25) is 5.91 Å². The third-order valence-corrected chi connectivity index (χ3v) is 4.34. The Morgan fingerprint density at radius 1 is 1.00 bits per heavy atom. The number of hydrogen-bond acceptors (Lipinski definition) is 3. The molecule has 0 spiro atoms. The lowest BCUT2D eigenvalue weighted by Crippen LogP contribution is -2.31. The predicted octanol–water partition coefficient (Wildman–Crippen LogP) is 3.90. The maximum Gasteiger partial charge on any atom is 0.251 e. The fourth-order valence-corrected chi connectivity index (χ4v) is 2.82. The van der Waals surface area contributed by atoms with Crippen molar-refractivity contribution >= 4 is 17.5 Å². The van der Waals surface area contributed by atoms with E-state index < -0.39 is 0 Å². The van der Waals surface area contributed by atoms with Crippen LogP contribution in [0.4, 0.5) is 5.69 Å². The zero-order valence-electron chi connectivity index (χ0n) is 16.1. The highest BCUT2D eigenvalue weighted by Gasteiger charge is 2.11. The molecule has 0 heterocycles. The smallest absolute Gasteiger partial charge is 0.251 e. The minimum Gasteiger partial charge on any atom is -0.352 e. The second kappa shape index (κ2) is 11.1. The van der Waals surface area contributed by atoms with Gasteiger partial charge in [-0.3, -0.25) is 9.59 Å². The molecule has 0 fully saturated rings. The molecule has 0 aromatic heterocycles. The molecule has 144 valence electrons. The van der Waals surface area contributed by atoms with Gasteiger partial charge in [0.25, 0.3) is 5.91 Å². The van der Waals surface area contributed by atoms with Crippen molar-refractivity contribution < 1.29 is 9.59 Å². The van der Waals surface area contributed by atoms with Crippen LogP contribution in [0.5, 0.6) is 0 Å². The summed E-state index contributed by atoms with van der Waals surface area (Å²) in [6, 6.07) is 17.2. The van der Waals surface area contributed by atoms with Gasteiger partial charge in [0.1, 0.15) is 0 Å². The van der Waals surface area contributed by atoms with Gasteiger partial charge in [0.15, 0.2) is 0 Å². The van der Waals surface area contributed by atoms with E-state index in [4.69, 9.17) is 0 Å². The van der Waals surface area contributed by atoms with Gasteiger partial charge in [-0.1, -0.05) is 56.7 Å². The van der Waals surface area contributed by atoms with Crippen molar-refractivity contribution in [3.63, 3.8) is 0 Å². The Hall–Kier alpha value is -2.66. The highest BCUT2D eigenvalue weighted by Crippen LogP contribution is 2.16. The van der Waals surface area contributed by atoms with Crippen LogP contribution in [0, 0.1) is 0 Å². The molecule has 1 atom stereocenters. The Balaban J connectivity index is 1.88. The summed E-state index contributed by atoms with van der Waals surface area (Å²) in [6.07, 6.45) is 2.88. The molecule has 5 heteroatoms. The first-order chi connectivity index (χ1) is 13.1. The average Bonchev–Trinajstić information content (AvgIpc) is 2.69.